The second-order valence-electron chi connectivity index (χ2n) is 6.02. The SMILES string of the molecule is Cc1ncccc1CCn1c2c(c3ccccc31)CNCC2. The maximum absolute atomic E-state index is 4.41. The molecule has 1 aromatic carbocycles. The lowest BCUT2D eigenvalue weighted by Gasteiger charge is -2.17. The van der Waals surface area contributed by atoms with Gasteiger partial charge in [0.2, 0.25) is 0 Å². The Morgan fingerprint density at radius 3 is 3.00 bits per heavy atom. The lowest BCUT2D eigenvalue weighted by Crippen LogP contribution is -2.24. The Kier molecular flexibility index (Phi) is 3.43. The normalized spacial score (nSPS) is 14.2. The van der Waals surface area contributed by atoms with Gasteiger partial charge in [0.25, 0.3) is 0 Å². The van der Waals surface area contributed by atoms with Gasteiger partial charge in [0.1, 0.15) is 0 Å². The first-order valence-corrected chi connectivity index (χ1v) is 8.05. The molecule has 0 saturated heterocycles. The van der Waals surface area contributed by atoms with Crippen LogP contribution < -0.4 is 5.32 Å². The number of nitrogens with one attached hydrogen (secondary N) is 1. The van der Waals surface area contributed by atoms with Gasteiger partial charge in [-0.05, 0) is 36.6 Å². The highest BCUT2D eigenvalue weighted by Gasteiger charge is 2.19. The predicted molar refractivity (Wildman–Crippen MR) is 90.0 cm³/mol. The molecule has 0 atom stereocenters. The fraction of sp³-hybridized carbons (Fsp3) is 0.316. The number of aryl methyl sites for hydroxylation is 3. The number of nitrogens with zero attached hydrogens (tertiary/aromatic N) is 2. The number of aromatic nitrogens is 2. The number of fused-ring (bicyclic) bond motifs is 3. The summed E-state index contributed by atoms with van der Waals surface area (Å²) in [6, 6.07) is 13.0. The van der Waals surface area contributed by atoms with E-state index in [9.17, 15) is 0 Å². The molecule has 0 radical (unpaired) electrons. The Bertz CT molecular complexity index is 817. The minimum Gasteiger partial charge on any atom is -0.344 e. The number of para-hydroxylation sites is 1. The van der Waals surface area contributed by atoms with Gasteiger partial charge in [0.05, 0.1) is 0 Å². The average Bonchev–Trinajstić information content (AvgIpc) is 2.89. The molecule has 0 saturated carbocycles. The number of pyridine rings is 1. The van der Waals surface area contributed by atoms with Crippen molar-refractivity contribution in [2.24, 2.45) is 0 Å². The first-order valence-electron chi connectivity index (χ1n) is 8.05. The van der Waals surface area contributed by atoms with Gasteiger partial charge in [-0.25, -0.2) is 0 Å². The summed E-state index contributed by atoms with van der Waals surface area (Å²) in [6.07, 6.45) is 4.03. The van der Waals surface area contributed by atoms with Crippen molar-refractivity contribution < 1.29 is 0 Å². The molecule has 0 aliphatic carbocycles. The summed E-state index contributed by atoms with van der Waals surface area (Å²) in [7, 11) is 0. The zero-order valence-electron chi connectivity index (χ0n) is 13.0. The zero-order valence-corrected chi connectivity index (χ0v) is 13.0. The molecule has 112 valence electrons. The molecule has 0 amide bonds. The van der Waals surface area contributed by atoms with Crippen molar-refractivity contribution in [2.75, 3.05) is 6.54 Å². The van der Waals surface area contributed by atoms with Crippen molar-refractivity contribution >= 4 is 10.9 Å². The molecule has 0 bridgehead atoms. The van der Waals surface area contributed by atoms with E-state index >= 15 is 0 Å². The van der Waals surface area contributed by atoms with Crippen LogP contribution in [0.5, 0.6) is 0 Å². The maximum Gasteiger partial charge on any atom is 0.0486 e. The second-order valence-corrected chi connectivity index (χ2v) is 6.02. The standard InChI is InChI=1S/C19H21N3/c1-14-15(5-4-10-21-14)9-12-22-18-7-3-2-6-16(18)17-13-20-11-8-19(17)22/h2-7,10,20H,8-9,11-13H2,1H3. The maximum atomic E-state index is 4.41. The third kappa shape index (κ3) is 2.22. The summed E-state index contributed by atoms with van der Waals surface area (Å²) in [5, 5.41) is 4.92. The van der Waals surface area contributed by atoms with E-state index < -0.39 is 0 Å². The van der Waals surface area contributed by atoms with Crippen LogP contribution in [-0.4, -0.2) is 16.1 Å². The molecule has 22 heavy (non-hydrogen) atoms. The average molecular weight is 291 g/mol. The molecule has 1 N–H and O–H groups in total. The molecule has 0 unspecified atom stereocenters. The van der Waals surface area contributed by atoms with Crippen LogP contribution in [0.4, 0.5) is 0 Å². The van der Waals surface area contributed by atoms with E-state index in [1.807, 2.05) is 12.3 Å². The Hall–Kier alpha value is -2.13. The van der Waals surface area contributed by atoms with Crippen LogP contribution >= 0.6 is 0 Å². The van der Waals surface area contributed by atoms with E-state index in [0.29, 0.717) is 0 Å². The Morgan fingerprint density at radius 2 is 2.09 bits per heavy atom. The van der Waals surface area contributed by atoms with Crippen LogP contribution in [0.1, 0.15) is 22.5 Å². The van der Waals surface area contributed by atoms with Crippen molar-refractivity contribution in [3.05, 3.63) is 65.1 Å². The fourth-order valence-corrected chi connectivity index (χ4v) is 3.60. The highest BCUT2D eigenvalue weighted by Crippen LogP contribution is 2.28. The summed E-state index contributed by atoms with van der Waals surface area (Å²) in [5.41, 5.74) is 6.88. The van der Waals surface area contributed by atoms with Crippen LogP contribution in [0.25, 0.3) is 10.9 Å². The number of hydrogen-bond donors (Lipinski definition) is 1. The van der Waals surface area contributed by atoms with E-state index in [1.54, 1.807) is 0 Å². The predicted octanol–water partition coefficient (Wildman–Crippen LogP) is 3.23. The number of benzene rings is 1. The van der Waals surface area contributed by atoms with Crippen molar-refractivity contribution in [3.8, 4) is 0 Å². The third-order valence-corrected chi connectivity index (χ3v) is 4.76. The summed E-state index contributed by atoms with van der Waals surface area (Å²) < 4.78 is 2.53. The molecular weight excluding hydrogens is 270 g/mol. The summed E-state index contributed by atoms with van der Waals surface area (Å²) >= 11 is 0. The smallest absolute Gasteiger partial charge is 0.0486 e. The molecule has 2 aromatic heterocycles. The molecule has 0 spiro atoms. The highest BCUT2D eigenvalue weighted by molar-refractivity contribution is 5.85. The van der Waals surface area contributed by atoms with Gasteiger partial charge in [-0.15, -0.1) is 0 Å². The van der Waals surface area contributed by atoms with Crippen molar-refractivity contribution in [2.45, 2.75) is 32.9 Å². The molecule has 1 aliphatic heterocycles. The van der Waals surface area contributed by atoms with Gasteiger partial charge in [-0.2, -0.15) is 0 Å². The molecule has 3 aromatic rings. The zero-order chi connectivity index (χ0) is 14.9. The van der Waals surface area contributed by atoms with Crippen LogP contribution in [0.15, 0.2) is 42.6 Å². The Morgan fingerprint density at radius 1 is 1.18 bits per heavy atom. The molecule has 4 rings (SSSR count). The Balaban J connectivity index is 1.74. The lowest BCUT2D eigenvalue weighted by atomic mass is 10.1. The lowest BCUT2D eigenvalue weighted by molar-refractivity contribution is 0.594. The van der Waals surface area contributed by atoms with Gasteiger partial charge in [0, 0.05) is 54.5 Å². The van der Waals surface area contributed by atoms with E-state index in [-0.39, 0.29) is 0 Å². The van der Waals surface area contributed by atoms with Crippen LogP contribution in [-0.2, 0) is 25.9 Å². The monoisotopic (exact) mass is 291 g/mol. The molecule has 3 heterocycles. The van der Waals surface area contributed by atoms with Crippen LogP contribution in [0.2, 0.25) is 0 Å². The quantitative estimate of drug-likeness (QED) is 0.803. The summed E-state index contributed by atoms with van der Waals surface area (Å²) in [6.45, 7) is 5.20. The number of rotatable bonds is 3. The first kappa shape index (κ1) is 13.5. The molecule has 3 heteroatoms. The highest BCUT2D eigenvalue weighted by atomic mass is 15.0. The minimum absolute atomic E-state index is 0.995. The van der Waals surface area contributed by atoms with Crippen LogP contribution in [0, 0.1) is 6.92 Å². The van der Waals surface area contributed by atoms with Crippen molar-refractivity contribution in [3.63, 3.8) is 0 Å². The minimum atomic E-state index is 0.995. The molecule has 3 nitrogen and oxygen atoms in total. The fourth-order valence-electron chi connectivity index (χ4n) is 3.60. The largest absolute Gasteiger partial charge is 0.344 e. The van der Waals surface area contributed by atoms with Gasteiger partial charge in [0.15, 0.2) is 0 Å². The van der Waals surface area contributed by atoms with Gasteiger partial charge in [-0.3, -0.25) is 4.98 Å². The summed E-state index contributed by atoms with van der Waals surface area (Å²) in [5.74, 6) is 0. The van der Waals surface area contributed by atoms with Gasteiger partial charge < -0.3 is 9.88 Å². The van der Waals surface area contributed by atoms with Gasteiger partial charge in [-0.1, -0.05) is 24.3 Å². The Labute approximate surface area is 131 Å². The molecule has 0 fully saturated rings. The van der Waals surface area contributed by atoms with E-state index in [0.717, 1.165) is 38.2 Å². The van der Waals surface area contributed by atoms with E-state index in [2.05, 4.69) is 52.1 Å². The van der Waals surface area contributed by atoms with Crippen LogP contribution in [0.3, 0.4) is 0 Å². The van der Waals surface area contributed by atoms with Crippen molar-refractivity contribution in [1.29, 1.82) is 0 Å². The van der Waals surface area contributed by atoms with Crippen molar-refractivity contribution in [1.82, 2.24) is 14.9 Å². The first-order chi connectivity index (χ1) is 10.8. The summed E-state index contributed by atoms with van der Waals surface area (Å²) in [4.78, 5) is 4.41. The van der Waals surface area contributed by atoms with E-state index in [1.165, 1.54) is 27.7 Å². The molecular formula is C19H21N3. The molecule has 1 aliphatic rings. The topological polar surface area (TPSA) is 29.9 Å². The van der Waals surface area contributed by atoms with E-state index in [4.69, 9.17) is 0 Å². The second kappa shape index (κ2) is 5.58. The van der Waals surface area contributed by atoms with Gasteiger partial charge >= 0.3 is 0 Å². The third-order valence-electron chi connectivity index (χ3n) is 4.76. The number of hydrogen-bond acceptors (Lipinski definition) is 2.